The molecular weight excluding hydrogens is 360 g/mol. The van der Waals surface area contributed by atoms with Gasteiger partial charge in [0, 0.05) is 29.9 Å². The van der Waals surface area contributed by atoms with Crippen molar-refractivity contribution < 1.29 is 19.1 Å². The third kappa shape index (κ3) is 9.25. The van der Waals surface area contributed by atoms with Crippen molar-refractivity contribution in [3.63, 3.8) is 0 Å². The zero-order valence-corrected chi connectivity index (χ0v) is 17.3. The molecule has 0 aromatic heterocycles. The number of hydrogen-bond donors (Lipinski definition) is 4. The van der Waals surface area contributed by atoms with E-state index in [4.69, 9.17) is 4.74 Å². The van der Waals surface area contributed by atoms with Crippen molar-refractivity contribution >= 4 is 23.7 Å². The molecule has 0 saturated heterocycles. The highest BCUT2D eigenvalue weighted by Gasteiger charge is 2.16. The van der Waals surface area contributed by atoms with Crippen molar-refractivity contribution in [1.29, 1.82) is 0 Å². The van der Waals surface area contributed by atoms with E-state index < -0.39 is 6.09 Å². The molecule has 8 heteroatoms. The molecule has 1 aromatic carbocycles. The van der Waals surface area contributed by atoms with E-state index in [0.29, 0.717) is 36.7 Å². The van der Waals surface area contributed by atoms with Crippen LogP contribution in [0, 0.1) is 5.92 Å². The van der Waals surface area contributed by atoms with Crippen LogP contribution in [0.15, 0.2) is 24.3 Å². The molecule has 156 valence electrons. The Hall–Kier alpha value is -2.77. The van der Waals surface area contributed by atoms with Crippen LogP contribution in [0.4, 0.5) is 15.3 Å². The molecule has 8 nitrogen and oxygen atoms in total. The van der Waals surface area contributed by atoms with Gasteiger partial charge < -0.3 is 26.0 Å². The van der Waals surface area contributed by atoms with Crippen molar-refractivity contribution in [3.05, 3.63) is 29.8 Å². The summed E-state index contributed by atoms with van der Waals surface area (Å²) < 4.78 is 4.91. The number of carbonyl (C=O) groups excluding carboxylic acids is 3. The van der Waals surface area contributed by atoms with Gasteiger partial charge in [-0.1, -0.05) is 13.8 Å². The van der Waals surface area contributed by atoms with Crippen molar-refractivity contribution in [1.82, 2.24) is 16.0 Å². The predicted octanol–water partition coefficient (Wildman–Crippen LogP) is 3.11. The lowest BCUT2D eigenvalue weighted by molar-refractivity contribution is 0.0944. The summed E-state index contributed by atoms with van der Waals surface area (Å²) in [5.74, 6) is 0.101. The second-order valence-electron chi connectivity index (χ2n) is 7.23. The minimum atomic E-state index is -0.488. The van der Waals surface area contributed by atoms with Gasteiger partial charge in [0.2, 0.25) is 0 Å². The standard InChI is InChI=1S/C20H32N4O4/c1-6-28-20(27)24-17(11-13(2)3)12-21-18(25)15-7-9-16(10-8-15)23-19(26)22-14(4)5/h7-10,13-14,17H,6,11-12H2,1-5H3,(H,21,25)(H,24,27)(H2,22,23,26). The average Bonchev–Trinajstić information content (AvgIpc) is 2.59. The predicted molar refractivity (Wildman–Crippen MR) is 109 cm³/mol. The number of amides is 4. The minimum absolute atomic E-state index is 0.0343. The lowest BCUT2D eigenvalue weighted by atomic mass is 10.0. The first kappa shape index (κ1) is 23.3. The number of nitrogens with one attached hydrogen (secondary N) is 4. The molecule has 4 amide bonds. The third-order valence-corrected chi connectivity index (χ3v) is 3.69. The van der Waals surface area contributed by atoms with E-state index in [1.54, 1.807) is 31.2 Å². The number of anilines is 1. The van der Waals surface area contributed by atoms with Gasteiger partial charge in [-0.25, -0.2) is 9.59 Å². The fraction of sp³-hybridized carbons (Fsp3) is 0.550. The maximum absolute atomic E-state index is 12.4. The van der Waals surface area contributed by atoms with E-state index in [2.05, 4.69) is 21.3 Å². The largest absolute Gasteiger partial charge is 0.450 e. The summed E-state index contributed by atoms with van der Waals surface area (Å²) in [6.07, 6.45) is 0.227. The van der Waals surface area contributed by atoms with Crippen LogP contribution in [0.5, 0.6) is 0 Å². The van der Waals surface area contributed by atoms with E-state index in [-0.39, 0.29) is 24.0 Å². The Bertz CT molecular complexity index is 644. The summed E-state index contributed by atoms with van der Waals surface area (Å²) in [6, 6.07) is 6.12. The molecule has 0 bridgehead atoms. The first-order valence-corrected chi connectivity index (χ1v) is 9.60. The Kier molecular flexibility index (Phi) is 9.84. The topological polar surface area (TPSA) is 109 Å². The Morgan fingerprint density at radius 3 is 2.18 bits per heavy atom. The highest BCUT2D eigenvalue weighted by Crippen LogP contribution is 2.10. The molecule has 1 unspecified atom stereocenters. The van der Waals surface area contributed by atoms with Crippen molar-refractivity contribution in [2.24, 2.45) is 5.92 Å². The maximum atomic E-state index is 12.4. The van der Waals surface area contributed by atoms with E-state index in [9.17, 15) is 14.4 Å². The second kappa shape index (κ2) is 11.8. The van der Waals surface area contributed by atoms with Gasteiger partial charge in [-0.15, -0.1) is 0 Å². The molecule has 28 heavy (non-hydrogen) atoms. The third-order valence-electron chi connectivity index (χ3n) is 3.69. The number of alkyl carbamates (subject to hydrolysis) is 1. The summed E-state index contributed by atoms with van der Waals surface area (Å²) in [5.41, 5.74) is 1.06. The average molecular weight is 393 g/mol. The summed E-state index contributed by atoms with van der Waals surface area (Å²) in [6.45, 7) is 10.2. The summed E-state index contributed by atoms with van der Waals surface area (Å²) in [7, 11) is 0. The number of urea groups is 1. The van der Waals surface area contributed by atoms with E-state index in [0.717, 1.165) is 0 Å². The fourth-order valence-corrected chi connectivity index (χ4v) is 2.55. The van der Waals surface area contributed by atoms with Crippen LogP contribution >= 0.6 is 0 Å². The van der Waals surface area contributed by atoms with Gasteiger partial charge in [0.05, 0.1) is 6.61 Å². The number of benzene rings is 1. The van der Waals surface area contributed by atoms with Crippen molar-refractivity contribution in [2.45, 2.75) is 53.1 Å². The molecule has 0 fully saturated rings. The number of hydrogen-bond acceptors (Lipinski definition) is 4. The zero-order valence-electron chi connectivity index (χ0n) is 17.3. The molecule has 0 aliphatic rings. The Balaban J connectivity index is 2.59. The van der Waals surface area contributed by atoms with Crippen LogP contribution in [0.3, 0.4) is 0 Å². The van der Waals surface area contributed by atoms with E-state index in [1.807, 2.05) is 27.7 Å². The first-order chi connectivity index (χ1) is 13.2. The van der Waals surface area contributed by atoms with Crippen LogP contribution in [-0.2, 0) is 4.74 Å². The Morgan fingerprint density at radius 1 is 1.00 bits per heavy atom. The fourth-order valence-electron chi connectivity index (χ4n) is 2.55. The first-order valence-electron chi connectivity index (χ1n) is 9.60. The molecule has 1 rings (SSSR count). The van der Waals surface area contributed by atoms with Gasteiger partial charge in [0.1, 0.15) is 0 Å². The van der Waals surface area contributed by atoms with Gasteiger partial charge in [0.25, 0.3) is 5.91 Å². The quantitative estimate of drug-likeness (QED) is 0.518. The molecule has 0 radical (unpaired) electrons. The van der Waals surface area contributed by atoms with Crippen LogP contribution in [0.2, 0.25) is 0 Å². The molecular formula is C20H32N4O4. The Labute approximate surface area is 166 Å². The normalized spacial score (nSPS) is 11.7. The van der Waals surface area contributed by atoms with E-state index >= 15 is 0 Å². The van der Waals surface area contributed by atoms with Crippen LogP contribution < -0.4 is 21.3 Å². The lowest BCUT2D eigenvalue weighted by Gasteiger charge is -2.20. The number of rotatable bonds is 9. The molecule has 4 N–H and O–H groups in total. The summed E-state index contributed by atoms with van der Waals surface area (Å²) in [5, 5.41) is 11.0. The number of ether oxygens (including phenoxy) is 1. The van der Waals surface area contributed by atoms with Gasteiger partial charge in [0.15, 0.2) is 0 Å². The van der Waals surface area contributed by atoms with E-state index in [1.165, 1.54) is 0 Å². The number of carbonyl (C=O) groups is 3. The second-order valence-corrected chi connectivity index (χ2v) is 7.23. The Morgan fingerprint density at radius 2 is 1.64 bits per heavy atom. The van der Waals surface area contributed by atoms with Gasteiger partial charge >= 0.3 is 12.1 Å². The molecule has 0 heterocycles. The molecule has 0 saturated carbocycles. The summed E-state index contributed by atoms with van der Waals surface area (Å²) >= 11 is 0. The lowest BCUT2D eigenvalue weighted by Crippen LogP contribution is -2.44. The smallest absolute Gasteiger partial charge is 0.407 e. The molecule has 0 spiro atoms. The zero-order chi connectivity index (χ0) is 21.1. The minimum Gasteiger partial charge on any atom is -0.450 e. The van der Waals surface area contributed by atoms with Crippen molar-refractivity contribution in [3.8, 4) is 0 Å². The highest BCUT2D eigenvalue weighted by atomic mass is 16.5. The molecule has 0 aliphatic heterocycles. The van der Waals surface area contributed by atoms with Gasteiger partial charge in [-0.05, 0) is 57.4 Å². The van der Waals surface area contributed by atoms with Gasteiger partial charge in [-0.2, -0.15) is 0 Å². The van der Waals surface area contributed by atoms with Gasteiger partial charge in [-0.3, -0.25) is 4.79 Å². The molecule has 1 aromatic rings. The van der Waals surface area contributed by atoms with Crippen molar-refractivity contribution in [2.75, 3.05) is 18.5 Å². The van der Waals surface area contributed by atoms with Crippen LogP contribution in [-0.4, -0.2) is 43.3 Å². The highest BCUT2D eigenvalue weighted by molar-refractivity contribution is 5.95. The van der Waals surface area contributed by atoms with Crippen LogP contribution in [0.1, 0.15) is 51.4 Å². The van der Waals surface area contributed by atoms with Crippen LogP contribution in [0.25, 0.3) is 0 Å². The monoisotopic (exact) mass is 392 g/mol. The summed E-state index contributed by atoms with van der Waals surface area (Å²) in [4.78, 5) is 35.7. The SMILES string of the molecule is CCOC(=O)NC(CNC(=O)c1ccc(NC(=O)NC(C)C)cc1)CC(C)C. The molecule has 0 aliphatic carbocycles. The maximum Gasteiger partial charge on any atom is 0.407 e. The molecule has 1 atom stereocenters.